The Morgan fingerprint density at radius 1 is 1.08 bits per heavy atom. The number of hydrogen-bond donors (Lipinski definition) is 1. The van der Waals surface area contributed by atoms with Crippen LogP contribution in [0.5, 0.6) is 5.75 Å². The summed E-state index contributed by atoms with van der Waals surface area (Å²) in [6, 6.07) is 16.5. The van der Waals surface area contributed by atoms with Gasteiger partial charge in [0.2, 0.25) is 10.0 Å². The SMILES string of the molecule is CCCS(=O)(=O)Nc1cn2nc(-c3ccc(F)cc3)c(C(=O)OCC)c2cc1OCc1ccccc1. The van der Waals surface area contributed by atoms with E-state index in [-0.39, 0.29) is 41.7 Å². The Labute approximate surface area is 208 Å². The van der Waals surface area contributed by atoms with E-state index in [1.807, 2.05) is 30.3 Å². The van der Waals surface area contributed by atoms with Crippen LogP contribution in [0.1, 0.15) is 36.2 Å². The second kappa shape index (κ2) is 10.8. The van der Waals surface area contributed by atoms with Crippen LogP contribution in [0, 0.1) is 5.82 Å². The van der Waals surface area contributed by atoms with Crippen molar-refractivity contribution in [3.05, 3.63) is 83.8 Å². The summed E-state index contributed by atoms with van der Waals surface area (Å²) in [5.74, 6) is -0.885. The molecule has 0 aliphatic rings. The molecule has 0 aliphatic carbocycles. The number of benzene rings is 2. The van der Waals surface area contributed by atoms with Crippen LogP contribution in [0.25, 0.3) is 16.8 Å². The maximum Gasteiger partial charge on any atom is 0.342 e. The molecule has 2 heterocycles. The van der Waals surface area contributed by atoms with Gasteiger partial charge in [0.1, 0.15) is 35.1 Å². The quantitative estimate of drug-likeness (QED) is 0.299. The van der Waals surface area contributed by atoms with Crippen LogP contribution in [0.4, 0.5) is 10.1 Å². The highest BCUT2D eigenvalue weighted by Crippen LogP contribution is 2.34. The summed E-state index contributed by atoms with van der Waals surface area (Å²) in [4.78, 5) is 13.0. The highest BCUT2D eigenvalue weighted by molar-refractivity contribution is 7.92. The van der Waals surface area contributed by atoms with E-state index in [4.69, 9.17) is 9.47 Å². The number of carbonyl (C=O) groups excluding carboxylic acids is 1. The summed E-state index contributed by atoms with van der Waals surface area (Å²) in [6.45, 7) is 3.78. The van der Waals surface area contributed by atoms with Gasteiger partial charge in [0.25, 0.3) is 0 Å². The first-order valence-corrected chi connectivity index (χ1v) is 13.1. The Morgan fingerprint density at radius 3 is 2.47 bits per heavy atom. The predicted octanol–water partition coefficient (Wildman–Crippen LogP) is 5.05. The van der Waals surface area contributed by atoms with Gasteiger partial charge in [-0.25, -0.2) is 22.1 Å². The van der Waals surface area contributed by atoms with E-state index >= 15 is 0 Å². The number of esters is 1. The maximum atomic E-state index is 13.5. The van der Waals surface area contributed by atoms with E-state index in [1.165, 1.54) is 35.0 Å². The van der Waals surface area contributed by atoms with Crippen molar-refractivity contribution in [2.45, 2.75) is 26.9 Å². The zero-order chi connectivity index (χ0) is 25.7. The molecule has 188 valence electrons. The molecule has 2 aromatic carbocycles. The van der Waals surface area contributed by atoms with Gasteiger partial charge in [-0.1, -0.05) is 37.3 Å². The highest BCUT2D eigenvalue weighted by Gasteiger charge is 2.25. The third kappa shape index (κ3) is 5.65. The van der Waals surface area contributed by atoms with E-state index < -0.39 is 21.8 Å². The van der Waals surface area contributed by atoms with Crippen molar-refractivity contribution in [1.29, 1.82) is 0 Å². The van der Waals surface area contributed by atoms with Crippen molar-refractivity contribution in [2.75, 3.05) is 17.1 Å². The minimum atomic E-state index is -3.65. The summed E-state index contributed by atoms with van der Waals surface area (Å²) in [7, 11) is -3.65. The van der Waals surface area contributed by atoms with Crippen molar-refractivity contribution in [3.8, 4) is 17.0 Å². The van der Waals surface area contributed by atoms with Crippen LogP contribution in [0.15, 0.2) is 66.9 Å². The topological polar surface area (TPSA) is 99.0 Å². The number of sulfonamides is 1. The number of pyridine rings is 1. The Kier molecular flexibility index (Phi) is 7.54. The molecule has 0 atom stereocenters. The zero-order valence-electron chi connectivity index (χ0n) is 19.9. The molecule has 0 unspecified atom stereocenters. The van der Waals surface area contributed by atoms with Crippen LogP contribution < -0.4 is 9.46 Å². The number of halogens is 1. The molecule has 4 aromatic rings. The minimum Gasteiger partial charge on any atom is -0.487 e. The molecule has 0 saturated heterocycles. The Balaban J connectivity index is 1.87. The number of hydrogen-bond acceptors (Lipinski definition) is 6. The fourth-order valence-corrected chi connectivity index (χ4v) is 4.83. The summed E-state index contributed by atoms with van der Waals surface area (Å²) in [6.07, 6.45) is 1.89. The first-order chi connectivity index (χ1) is 17.3. The molecular weight excluding hydrogens is 485 g/mol. The second-order valence-electron chi connectivity index (χ2n) is 8.03. The lowest BCUT2D eigenvalue weighted by atomic mass is 10.1. The lowest BCUT2D eigenvalue weighted by molar-refractivity contribution is 0.0529. The van der Waals surface area contributed by atoms with E-state index in [0.29, 0.717) is 17.5 Å². The first kappa shape index (κ1) is 25.2. The van der Waals surface area contributed by atoms with Gasteiger partial charge in [-0.05, 0) is 43.2 Å². The molecule has 0 aliphatic heterocycles. The smallest absolute Gasteiger partial charge is 0.342 e. The van der Waals surface area contributed by atoms with Crippen LogP contribution in [-0.4, -0.2) is 36.4 Å². The molecule has 0 amide bonds. The van der Waals surface area contributed by atoms with E-state index in [9.17, 15) is 17.6 Å². The zero-order valence-corrected chi connectivity index (χ0v) is 20.7. The largest absolute Gasteiger partial charge is 0.487 e. The normalized spacial score (nSPS) is 11.4. The van der Waals surface area contributed by atoms with Crippen LogP contribution in [-0.2, 0) is 21.4 Å². The van der Waals surface area contributed by atoms with Gasteiger partial charge in [0.05, 0.1) is 24.1 Å². The monoisotopic (exact) mass is 511 g/mol. The summed E-state index contributed by atoms with van der Waals surface area (Å²) in [5, 5.41) is 4.51. The lowest BCUT2D eigenvalue weighted by Crippen LogP contribution is -2.17. The molecule has 4 rings (SSSR count). The standard InChI is InChI=1S/C26H26FN3O5S/c1-3-14-36(32,33)29-21-16-30-22(15-23(21)35-17-18-8-6-5-7-9-18)24(26(31)34-4-2)25(28-30)19-10-12-20(27)13-11-19/h5-13,15-16,29H,3-4,14,17H2,1-2H3. The molecular formula is C26H26FN3O5S. The average molecular weight is 512 g/mol. The van der Waals surface area contributed by atoms with Crippen molar-refractivity contribution in [1.82, 2.24) is 9.61 Å². The number of nitrogens with one attached hydrogen (secondary N) is 1. The van der Waals surface area contributed by atoms with Gasteiger partial charge >= 0.3 is 5.97 Å². The summed E-state index contributed by atoms with van der Waals surface area (Å²) in [5.41, 5.74) is 2.35. The fourth-order valence-electron chi connectivity index (χ4n) is 3.71. The molecule has 36 heavy (non-hydrogen) atoms. The van der Waals surface area contributed by atoms with Gasteiger partial charge in [-0.3, -0.25) is 4.72 Å². The van der Waals surface area contributed by atoms with Crippen molar-refractivity contribution in [3.63, 3.8) is 0 Å². The molecule has 8 nitrogen and oxygen atoms in total. The predicted molar refractivity (Wildman–Crippen MR) is 135 cm³/mol. The van der Waals surface area contributed by atoms with Gasteiger partial charge in [0.15, 0.2) is 0 Å². The molecule has 10 heteroatoms. The van der Waals surface area contributed by atoms with Gasteiger partial charge in [-0.15, -0.1) is 0 Å². The van der Waals surface area contributed by atoms with Crippen LogP contribution in [0.2, 0.25) is 0 Å². The number of ether oxygens (including phenoxy) is 2. The molecule has 0 fully saturated rings. The Bertz CT molecular complexity index is 1470. The minimum absolute atomic E-state index is 0.0722. The summed E-state index contributed by atoms with van der Waals surface area (Å²) >= 11 is 0. The number of anilines is 1. The number of fused-ring (bicyclic) bond motifs is 1. The second-order valence-corrected chi connectivity index (χ2v) is 9.87. The van der Waals surface area contributed by atoms with Crippen LogP contribution in [0.3, 0.4) is 0 Å². The fraction of sp³-hybridized carbons (Fsp3) is 0.231. The summed E-state index contributed by atoms with van der Waals surface area (Å²) < 4.78 is 53.9. The number of carbonyl (C=O) groups is 1. The Hall–Kier alpha value is -3.92. The first-order valence-electron chi connectivity index (χ1n) is 11.5. The van der Waals surface area contributed by atoms with Gasteiger partial charge in [0, 0.05) is 11.6 Å². The van der Waals surface area contributed by atoms with Crippen molar-refractivity contribution >= 4 is 27.2 Å². The van der Waals surface area contributed by atoms with Crippen molar-refractivity contribution in [2.24, 2.45) is 0 Å². The third-order valence-electron chi connectivity index (χ3n) is 5.30. The highest BCUT2D eigenvalue weighted by atomic mass is 32.2. The molecule has 0 bridgehead atoms. The maximum absolute atomic E-state index is 13.5. The number of nitrogens with zero attached hydrogens (tertiary/aromatic N) is 2. The molecule has 2 aromatic heterocycles. The van der Waals surface area contributed by atoms with E-state index in [0.717, 1.165) is 5.56 Å². The molecule has 1 N–H and O–H groups in total. The van der Waals surface area contributed by atoms with E-state index in [2.05, 4.69) is 9.82 Å². The number of aromatic nitrogens is 2. The molecule has 0 radical (unpaired) electrons. The van der Waals surface area contributed by atoms with Gasteiger partial charge in [-0.2, -0.15) is 5.10 Å². The van der Waals surface area contributed by atoms with E-state index in [1.54, 1.807) is 19.9 Å². The average Bonchev–Trinajstić information content (AvgIpc) is 3.21. The lowest BCUT2D eigenvalue weighted by Gasteiger charge is -2.14. The third-order valence-corrected chi connectivity index (χ3v) is 6.78. The number of rotatable bonds is 10. The van der Waals surface area contributed by atoms with Crippen LogP contribution >= 0.6 is 0 Å². The van der Waals surface area contributed by atoms with Crippen molar-refractivity contribution < 1.29 is 27.1 Å². The molecule has 0 saturated carbocycles. The Morgan fingerprint density at radius 2 is 1.81 bits per heavy atom. The molecule has 0 spiro atoms. The van der Waals surface area contributed by atoms with Gasteiger partial charge < -0.3 is 9.47 Å².